The zero-order valence-electron chi connectivity index (χ0n) is 9.79. The molecule has 0 heterocycles. The summed E-state index contributed by atoms with van der Waals surface area (Å²) < 4.78 is 0. The topological polar surface area (TPSA) is 12.0 Å². The molecule has 0 bridgehead atoms. The molecule has 0 amide bonds. The second kappa shape index (κ2) is 4.80. The van der Waals surface area contributed by atoms with Gasteiger partial charge >= 0.3 is 0 Å². The summed E-state index contributed by atoms with van der Waals surface area (Å²) in [5.41, 5.74) is 2.74. The van der Waals surface area contributed by atoms with Crippen LogP contribution in [-0.2, 0) is 0 Å². The molecule has 1 nitrogen and oxygen atoms in total. The van der Waals surface area contributed by atoms with Crippen molar-refractivity contribution in [3.63, 3.8) is 0 Å². The second-order valence-electron chi connectivity index (χ2n) is 4.84. The number of rotatable bonds is 4. The van der Waals surface area contributed by atoms with Crippen molar-refractivity contribution in [2.24, 2.45) is 5.92 Å². The fourth-order valence-corrected chi connectivity index (χ4v) is 2.01. The molecule has 1 aliphatic rings. The molecule has 0 spiro atoms. The van der Waals surface area contributed by atoms with Crippen LogP contribution < -0.4 is 5.32 Å². The molecule has 1 aromatic carbocycles. The lowest BCUT2D eigenvalue weighted by molar-refractivity contribution is 0.292. The van der Waals surface area contributed by atoms with E-state index in [0.717, 1.165) is 5.92 Å². The lowest BCUT2D eigenvalue weighted by Gasteiger charge is -2.27. The maximum atomic E-state index is 3.62. The van der Waals surface area contributed by atoms with Gasteiger partial charge in [-0.1, -0.05) is 36.2 Å². The molecule has 1 heteroatoms. The maximum absolute atomic E-state index is 3.62. The molecule has 15 heavy (non-hydrogen) atoms. The summed E-state index contributed by atoms with van der Waals surface area (Å²) in [7, 11) is 0. The smallest absolute Gasteiger partial charge is 0.0291 e. The van der Waals surface area contributed by atoms with Crippen molar-refractivity contribution >= 4 is 0 Å². The highest BCUT2D eigenvalue weighted by atomic mass is 14.9. The number of hydrogen-bond donors (Lipinski definition) is 1. The van der Waals surface area contributed by atoms with E-state index in [9.17, 15) is 0 Å². The van der Waals surface area contributed by atoms with E-state index in [4.69, 9.17) is 0 Å². The molecule has 1 atom stereocenters. The minimum absolute atomic E-state index is 0.492. The van der Waals surface area contributed by atoms with Gasteiger partial charge < -0.3 is 5.32 Å². The highest BCUT2D eigenvalue weighted by Crippen LogP contribution is 2.26. The van der Waals surface area contributed by atoms with Gasteiger partial charge in [0, 0.05) is 6.04 Å². The molecule has 1 aromatic rings. The van der Waals surface area contributed by atoms with Crippen LogP contribution in [-0.4, -0.2) is 6.54 Å². The van der Waals surface area contributed by atoms with Gasteiger partial charge in [-0.15, -0.1) is 0 Å². The molecule has 1 saturated carbocycles. The van der Waals surface area contributed by atoms with Crippen LogP contribution in [0.1, 0.15) is 43.4 Å². The van der Waals surface area contributed by atoms with E-state index in [0.29, 0.717) is 6.04 Å². The predicted molar refractivity (Wildman–Crippen MR) is 64.9 cm³/mol. The summed E-state index contributed by atoms with van der Waals surface area (Å²) >= 11 is 0. The Hall–Kier alpha value is -0.820. The molecule has 2 rings (SSSR count). The van der Waals surface area contributed by atoms with E-state index in [2.05, 4.69) is 43.4 Å². The summed E-state index contributed by atoms with van der Waals surface area (Å²) in [6.45, 7) is 5.58. The molecule has 1 N–H and O–H groups in total. The maximum Gasteiger partial charge on any atom is 0.0291 e. The van der Waals surface area contributed by atoms with Gasteiger partial charge in [-0.3, -0.25) is 0 Å². The van der Waals surface area contributed by atoms with Crippen LogP contribution in [0.2, 0.25) is 0 Å². The van der Waals surface area contributed by atoms with Crippen molar-refractivity contribution in [1.82, 2.24) is 5.32 Å². The summed E-state index contributed by atoms with van der Waals surface area (Å²) in [5.74, 6) is 0.942. The molecular weight excluding hydrogens is 182 g/mol. The highest BCUT2D eigenvalue weighted by molar-refractivity contribution is 5.23. The van der Waals surface area contributed by atoms with Crippen LogP contribution >= 0.6 is 0 Å². The summed E-state index contributed by atoms with van der Waals surface area (Å²) in [5, 5.41) is 3.62. The molecule has 0 radical (unpaired) electrons. The third-order valence-corrected chi connectivity index (χ3v) is 3.51. The van der Waals surface area contributed by atoms with Crippen LogP contribution in [0.4, 0.5) is 0 Å². The molecule has 0 aliphatic heterocycles. The first-order chi connectivity index (χ1) is 7.25. The molecule has 0 saturated heterocycles. The van der Waals surface area contributed by atoms with Gasteiger partial charge in [0.1, 0.15) is 0 Å². The standard InChI is InChI=1S/C14H21N/c1-11-6-8-14(9-7-11)12(2)15-10-13-4-3-5-13/h6-9,12-13,15H,3-5,10H2,1-2H3/t12-/m0/s1. The van der Waals surface area contributed by atoms with Crippen LogP contribution in [0, 0.1) is 12.8 Å². The van der Waals surface area contributed by atoms with Crippen LogP contribution in [0.5, 0.6) is 0 Å². The first kappa shape index (κ1) is 10.7. The molecule has 0 unspecified atom stereocenters. The largest absolute Gasteiger partial charge is 0.310 e. The Kier molecular flexibility index (Phi) is 3.42. The van der Waals surface area contributed by atoms with Gasteiger partial charge in [0.05, 0.1) is 0 Å². The lowest BCUT2D eigenvalue weighted by atomic mass is 9.85. The van der Waals surface area contributed by atoms with Crippen molar-refractivity contribution in [2.75, 3.05) is 6.54 Å². The first-order valence-corrected chi connectivity index (χ1v) is 6.05. The minimum atomic E-state index is 0.492. The van der Waals surface area contributed by atoms with Gasteiger partial charge in [0.15, 0.2) is 0 Å². The van der Waals surface area contributed by atoms with Crippen LogP contribution in [0.25, 0.3) is 0 Å². The minimum Gasteiger partial charge on any atom is -0.310 e. The highest BCUT2D eigenvalue weighted by Gasteiger charge is 2.17. The monoisotopic (exact) mass is 203 g/mol. The predicted octanol–water partition coefficient (Wildman–Crippen LogP) is 3.45. The third-order valence-electron chi connectivity index (χ3n) is 3.51. The Labute approximate surface area is 92.9 Å². The quantitative estimate of drug-likeness (QED) is 0.790. The average molecular weight is 203 g/mol. The molecular formula is C14H21N. The van der Waals surface area contributed by atoms with E-state index in [-0.39, 0.29) is 0 Å². The van der Waals surface area contributed by atoms with Gasteiger partial charge in [0.2, 0.25) is 0 Å². The van der Waals surface area contributed by atoms with E-state index in [1.54, 1.807) is 0 Å². The molecule has 82 valence electrons. The normalized spacial score (nSPS) is 18.5. The molecule has 1 fully saturated rings. The van der Waals surface area contributed by atoms with Gasteiger partial charge in [-0.2, -0.15) is 0 Å². The third kappa shape index (κ3) is 2.82. The first-order valence-electron chi connectivity index (χ1n) is 6.05. The summed E-state index contributed by atoms with van der Waals surface area (Å²) in [6, 6.07) is 9.33. The Morgan fingerprint density at radius 2 is 1.93 bits per heavy atom. The van der Waals surface area contributed by atoms with E-state index in [1.165, 1.54) is 36.9 Å². The Morgan fingerprint density at radius 3 is 2.47 bits per heavy atom. The average Bonchev–Trinajstić information content (AvgIpc) is 2.16. The fourth-order valence-electron chi connectivity index (χ4n) is 2.01. The van der Waals surface area contributed by atoms with E-state index in [1.807, 2.05) is 0 Å². The Morgan fingerprint density at radius 1 is 1.27 bits per heavy atom. The van der Waals surface area contributed by atoms with Crippen molar-refractivity contribution in [1.29, 1.82) is 0 Å². The van der Waals surface area contributed by atoms with E-state index >= 15 is 0 Å². The SMILES string of the molecule is Cc1ccc([C@H](C)NCC2CCC2)cc1. The zero-order valence-corrected chi connectivity index (χ0v) is 9.79. The number of hydrogen-bond acceptors (Lipinski definition) is 1. The zero-order chi connectivity index (χ0) is 10.7. The lowest BCUT2D eigenvalue weighted by Crippen LogP contribution is -2.29. The van der Waals surface area contributed by atoms with Crippen molar-refractivity contribution in [2.45, 2.75) is 39.2 Å². The number of nitrogens with one attached hydrogen (secondary N) is 1. The van der Waals surface area contributed by atoms with Crippen molar-refractivity contribution in [3.05, 3.63) is 35.4 Å². The van der Waals surface area contributed by atoms with Crippen molar-refractivity contribution < 1.29 is 0 Å². The summed E-state index contributed by atoms with van der Waals surface area (Å²) in [6.07, 6.45) is 4.28. The summed E-state index contributed by atoms with van der Waals surface area (Å²) in [4.78, 5) is 0. The van der Waals surface area contributed by atoms with Gasteiger partial charge in [-0.25, -0.2) is 0 Å². The van der Waals surface area contributed by atoms with E-state index < -0.39 is 0 Å². The fraction of sp³-hybridized carbons (Fsp3) is 0.571. The number of aryl methyl sites for hydroxylation is 1. The number of benzene rings is 1. The Balaban J connectivity index is 1.83. The van der Waals surface area contributed by atoms with Gasteiger partial charge in [-0.05, 0) is 44.7 Å². The van der Waals surface area contributed by atoms with Gasteiger partial charge in [0.25, 0.3) is 0 Å². The Bertz CT molecular complexity index is 298. The molecule has 0 aromatic heterocycles. The molecule has 1 aliphatic carbocycles. The second-order valence-corrected chi connectivity index (χ2v) is 4.84. The van der Waals surface area contributed by atoms with Crippen LogP contribution in [0.3, 0.4) is 0 Å². The van der Waals surface area contributed by atoms with Crippen molar-refractivity contribution in [3.8, 4) is 0 Å². The van der Waals surface area contributed by atoms with Crippen LogP contribution in [0.15, 0.2) is 24.3 Å².